The van der Waals surface area contributed by atoms with Crippen LogP contribution in [0, 0.1) is 0 Å². The van der Waals surface area contributed by atoms with Gasteiger partial charge in [-0.05, 0) is 11.9 Å². The van der Waals surface area contributed by atoms with Crippen LogP contribution in [0.3, 0.4) is 0 Å². The van der Waals surface area contributed by atoms with Crippen LogP contribution in [-0.2, 0) is 9.59 Å². The number of rotatable bonds is 1. The first-order valence-electron chi connectivity index (χ1n) is 4.05. The third-order valence-corrected chi connectivity index (χ3v) is 2.74. The lowest BCUT2D eigenvalue weighted by Crippen LogP contribution is -2.36. The summed E-state index contributed by atoms with van der Waals surface area (Å²) in [5, 5.41) is 0. The van der Waals surface area contributed by atoms with E-state index in [0.717, 1.165) is 0 Å². The van der Waals surface area contributed by atoms with E-state index in [1.54, 1.807) is 6.07 Å². The van der Waals surface area contributed by atoms with Crippen molar-refractivity contribution in [2.24, 2.45) is 0 Å². The Balaban J connectivity index is 2.26. The normalized spacial score (nSPS) is 17.3. The van der Waals surface area contributed by atoms with Crippen LogP contribution in [-0.4, -0.2) is 27.4 Å². The van der Waals surface area contributed by atoms with E-state index in [4.69, 9.17) is 0 Å². The predicted molar refractivity (Wildman–Crippen MR) is 51.6 cm³/mol. The fraction of sp³-hybridized carbons (Fsp3) is 0.250. The summed E-state index contributed by atoms with van der Waals surface area (Å²) in [5.41, 5.74) is 0. The summed E-state index contributed by atoms with van der Waals surface area (Å²) in [5.74, 6) is 0.222. The monoisotopic (exact) mass is 209 g/mol. The van der Waals surface area contributed by atoms with Crippen LogP contribution in [0.5, 0.6) is 0 Å². The summed E-state index contributed by atoms with van der Waals surface area (Å²) in [6, 6.07) is 1.60. The third kappa shape index (κ3) is 1.60. The summed E-state index contributed by atoms with van der Waals surface area (Å²) in [7, 11) is 0. The van der Waals surface area contributed by atoms with Gasteiger partial charge in [0.1, 0.15) is 12.1 Å². The van der Waals surface area contributed by atoms with E-state index in [0.29, 0.717) is 18.0 Å². The zero-order valence-electron chi connectivity index (χ0n) is 7.21. The molecule has 0 bridgehead atoms. The van der Waals surface area contributed by atoms with E-state index >= 15 is 0 Å². The molecule has 1 saturated heterocycles. The maximum absolute atomic E-state index is 11.4. The Labute approximate surface area is 84.7 Å². The van der Waals surface area contributed by atoms with Gasteiger partial charge in [0.25, 0.3) is 0 Å². The molecular weight excluding hydrogens is 202 g/mol. The highest BCUT2D eigenvalue weighted by Crippen LogP contribution is 2.24. The maximum atomic E-state index is 11.4. The van der Waals surface area contributed by atoms with Crippen molar-refractivity contribution in [2.45, 2.75) is 6.42 Å². The Bertz CT molecular complexity index is 368. The smallest absolute Gasteiger partial charge is 0.289 e. The van der Waals surface area contributed by atoms with E-state index < -0.39 is 5.91 Å². The molecule has 0 aliphatic carbocycles. The van der Waals surface area contributed by atoms with E-state index in [1.165, 1.54) is 28.8 Å². The highest BCUT2D eigenvalue weighted by atomic mass is 32.2. The largest absolute Gasteiger partial charge is 0.305 e. The van der Waals surface area contributed by atoms with Gasteiger partial charge in [-0.15, -0.1) is 0 Å². The first-order chi connectivity index (χ1) is 6.79. The first kappa shape index (κ1) is 9.14. The molecule has 0 aromatic carbocycles. The molecule has 1 fully saturated rings. The minimum absolute atomic E-state index is 0.311. The topological polar surface area (TPSA) is 63.2 Å². The minimum atomic E-state index is -0.500. The van der Waals surface area contributed by atoms with Gasteiger partial charge in [0, 0.05) is 24.4 Å². The van der Waals surface area contributed by atoms with Crippen molar-refractivity contribution in [3.63, 3.8) is 0 Å². The van der Waals surface area contributed by atoms with Crippen LogP contribution in [0.2, 0.25) is 0 Å². The quantitative estimate of drug-likeness (QED) is 0.495. The molecule has 5 nitrogen and oxygen atoms in total. The van der Waals surface area contributed by atoms with Crippen molar-refractivity contribution in [2.75, 3.05) is 10.1 Å². The Morgan fingerprint density at radius 2 is 2.29 bits per heavy atom. The van der Waals surface area contributed by atoms with Crippen LogP contribution in [0.4, 0.5) is 5.82 Å². The van der Waals surface area contributed by atoms with E-state index in [1.807, 2.05) is 0 Å². The number of Topliss-reactive ketones (excluding diaryl/α,β-unsaturated/α-hetero) is 1. The standard InChI is InChI=1S/C8H7N3O2S/c12-6-2-4-14-11(8(6)13)7-1-3-9-5-10-7/h1,3,5H,2,4H2. The summed E-state index contributed by atoms with van der Waals surface area (Å²) >= 11 is 1.30. The average molecular weight is 209 g/mol. The molecule has 1 aromatic heterocycles. The highest BCUT2D eigenvalue weighted by molar-refractivity contribution is 8.01. The predicted octanol–water partition coefficient (Wildman–Crippen LogP) is 0.431. The van der Waals surface area contributed by atoms with Crippen molar-refractivity contribution in [1.29, 1.82) is 0 Å². The fourth-order valence-electron chi connectivity index (χ4n) is 1.08. The molecule has 1 aliphatic rings. The molecule has 2 rings (SSSR count). The molecule has 1 aliphatic heterocycles. The first-order valence-corrected chi connectivity index (χ1v) is 4.99. The van der Waals surface area contributed by atoms with Crippen molar-refractivity contribution >= 4 is 29.5 Å². The van der Waals surface area contributed by atoms with Gasteiger partial charge in [0.2, 0.25) is 5.78 Å². The van der Waals surface area contributed by atoms with Gasteiger partial charge in [-0.3, -0.25) is 9.59 Å². The van der Waals surface area contributed by atoms with Gasteiger partial charge >= 0.3 is 5.91 Å². The van der Waals surface area contributed by atoms with E-state index in [2.05, 4.69) is 9.97 Å². The summed E-state index contributed by atoms with van der Waals surface area (Å²) in [6.45, 7) is 0. The van der Waals surface area contributed by atoms with Crippen LogP contribution >= 0.6 is 11.9 Å². The van der Waals surface area contributed by atoms with Crippen LogP contribution in [0.1, 0.15) is 6.42 Å². The number of amides is 1. The Kier molecular flexibility index (Phi) is 2.45. The number of hydrogen-bond acceptors (Lipinski definition) is 5. The molecule has 1 amide bonds. The Morgan fingerprint density at radius 1 is 1.43 bits per heavy atom. The molecule has 2 heterocycles. The second kappa shape index (κ2) is 3.75. The van der Waals surface area contributed by atoms with Crippen molar-refractivity contribution < 1.29 is 9.59 Å². The maximum Gasteiger partial charge on any atom is 0.305 e. The lowest BCUT2D eigenvalue weighted by atomic mass is 10.3. The van der Waals surface area contributed by atoms with Crippen LogP contribution < -0.4 is 4.31 Å². The molecule has 0 unspecified atom stereocenters. The second-order valence-corrected chi connectivity index (χ2v) is 3.71. The van der Waals surface area contributed by atoms with Gasteiger partial charge in [0.05, 0.1) is 0 Å². The lowest BCUT2D eigenvalue weighted by Gasteiger charge is -2.22. The van der Waals surface area contributed by atoms with Gasteiger partial charge in [0.15, 0.2) is 0 Å². The van der Waals surface area contributed by atoms with Gasteiger partial charge < -0.3 is 0 Å². The molecule has 72 valence electrons. The molecule has 6 heteroatoms. The molecule has 1 aromatic rings. The van der Waals surface area contributed by atoms with Gasteiger partial charge in [-0.2, -0.15) is 0 Å². The molecule has 0 atom stereocenters. The van der Waals surface area contributed by atoms with E-state index in [9.17, 15) is 9.59 Å². The molecule has 0 saturated carbocycles. The summed E-state index contributed by atoms with van der Waals surface area (Å²) in [4.78, 5) is 30.2. The number of nitrogens with zero attached hydrogens (tertiary/aromatic N) is 3. The molecule has 14 heavy (non-hydrogen) atoms. The third-order valence-electron chi connectivity index (χ3n) is 1.75. The average Bonchev–Trinajstić information content (AvgIpc) is 2.23. The Morgan fingerprint density at radius 3 is 3.00 bits per heavy atom. The molecule has 0 radical (unpaired) electrons. The summed E-state index contributed by atoms with van der Waals surface area (Å²) in [6.07, 6.45) is 3.20. The minimum Gasteiger partial charge on any atom is -0.289 e. The number of ketones is 1. The number of hydrogen-bond donors (Lipinski definition) is 0. The van der Waals surface area contributed by atoms with Crippen LogP contribution in [0.25, 0.3) is 0 Å². The number of carbonyl (C=O) groups is 2. The second-order valence-electron chi connectivity index (χ2n) is 2.67. The lowest BCUT2D eigenvalue weighted by molar-refractivity contribution is -0.135. The van der Waals surface area contributed by atoms with Crippen LogP contribution in [0.15, 0.2) is 18.6 Å². The number of anilines is 1. The van der Waals surface area contributed by atoms with E-state index in [-0.39, 0.29) is 5.78 Å². The van der Waals surface area contributed by atoms with Gasteiger partial charge in [-0.1, -0.05) is 0 Å². The van der Waals surface area contributed by atoms with Crippen molar-refractivity contribution in [1.82, 2.24) is 9.97 Å². The van der Waals surface area contributed by atoms with Crippen molar-refractivity contribution in [3.05, 3.63) is 18.6 Å². The highest BCUT2D eigenvalue weighted by Gasteiger charge is 2.28. The SMILES string of the molecule is O=C1CCSN(c2ccncn2)C1=O. The molecular formula is C8H7N3O2S. The Hall–Kier alpha value is -1.43. The molecule has 0 N–H and O–H groups in total. The number of carbonyl (C=O) groups excluding carboxylic acids is 2. The summed E-state index contributed by atoms with van der Waals surface area (Å²) < 4.78 is 1.31. The van der Waals surface area contributed by atoms with Crippen molar-refractivity contribution in [3.8, 4) is 0 Å². The zero-order chi connectivity index (χ0) is 9.97. The van der Waals surface area contributed by atoms with Gasteiger partial charge in [-0.25, -0.2) is 14.3 Å². The molecule has 0 spiro atoms. The zero-order valence-corrected chi connectivity index (χ0v) is 8.03. The number of aromatic nitrogens is 2. The fourth-order valence-corrected chi connectivity index (χ4v) is 2.00.